The van der Waals surface area contributed by atoms with Gasteiger partial charge in [0.25, 0.3) is 5.91 Å². The van der Waals surface area contributed by atoms with E-state index in [4.69, 9.17) is 0 Å². The lowest BCUT2D eigenvalue weighted by Gasteiger charge is -2.16. The number of rotatable bonds is 7. The maximum absolute atomic E-state index is 11.9. The molecule has 0 aliphatic carbocycles. The van der Waals surface area contributed by atoms with Crippen molar-refractivity contribution < 1.29 is 4.79 Å². The number of hydrogen-bond acceptors (Lipinski definition) is 4. The van der Waals surface area contributed by atoms with Gasteiger partial charge in [-0.15, -0.1) is 0 Å². The Balaban J connectivity index is 1.66. The number of nitrogens with one attached hydrogen (secondary N) is 1. The van der Waals surface area contributed by atoms with E-state index in [0.29, 0.717) is 12.2 Å². The zero-order chi connectivity index (χ0) is 15.8. The quantitative estimate of drug-likeness (QED) is 0.795. The molecule has 2 aromatic rings. The van der Waals surface area contributed by atoms with Crippen LogP contribution in [0.2, 0.25) is 0 Å². The maximum Gasteiger partial charge on any atom is 0.271 e. The maximum atomic E-state index is 11.9. The third-order valence-electron chi connectivity index (χ3n) is 3.31. The molecule has 0 aliphatic heterocycles. The molecule has 2 rings (SSSR count). The van der Waals surface area contributed by atoms with Crippen LogP contribution in [0.1, 0.15) is 28.2 Å². The number of benzene rings is 1. The van der Waals surface area contributed by atoms with Gasteiger partial charge in [-0.2, -0.15) is 0 Å². The van der Waals surface area contributed by atoms with Crippen LogP contribution in [0, 0.1) is 6.92 Å². The first-order valence-corrected chi connectivity index (χ1v) is 7.44. The molecule has 0 spiro atoms. The van der Waals surface area contributed by atoms with E-state index in [1.54, 1.807) is 6.20 Å². The second-order valence-corrected chi connectivity index (χ2v) is 5.38. The summed E-state index contributed by atoms with van der Waals surface area (Å²) in [6.07, 6.45) is 4.00. The zero-order valence-electron chi connectivity index (χ0n) is 13.1. The summed E-state index contributed by atoms with van der Waals surface area (Å²) in [4.78, 5) is 22.2. The molecule has 0 atom stereocenters. The molecule has 0 saturated heterocycles. The number of carbonyl (C=O) groups is 1. The normalized spacial score (nSPS) is 10.7. The second kappa shape index (κ2) is 8.24. The Morgan fingerprint density at radius 1 is 1.18 bits per heavy atom. The molecule has 1 aromatic carbocycles. The monoisotopic (exact) mass is 298 g/mol. The minimum Gasteiger partial charge on any atom is -0.351 e. The van der Waals surface area contributed by atoms with Crippen molar-refractivity contribution in [2.24, 2.45) is 0 Å². The van der Waals surface area contributed by atoms with Gasteiger partial charge < -0.3 is 10.2 Å². The highest BCUT2D eigenvalue weighted by molar-refractivity contribution is 5.91. The van der Waals surface area contributed by atoms with Gasteiger partial charge in [0.05, 0.1) is 11.9 Å². The van der Waals surface area contributed by atoms with Crippen LogP contribution < -0.4 is 5.32 Å². The van der Waals surface area contributed by atoms with Crippen LogP contribution in [0.25, 0.3) is 0 Å². The van der Waals surface area contributed by atoms with E-state index in [1.165, 1.54) is 11.8 Å². The van der Waals surface area contributed by atoms with Crippen molar-refractivity contribution in [3.63, 3.8) is 0 Å². The Morgan fingerprint density at radius 3 is 2.64 bits per heavy atom. The van der Waals surface area contributed by atoms with Crippen LogP contribution in [0.4, 0.5) is 0 Å². The first-order chi connectivity index (χ1) is 10.6. The van der Waals surface area contributed by atoms with Crippen LogP contribution in [-0.2, 0) is 6.54 Å². The first-order valence-electron chi connectivity index (χ1n) is 7.44. The molecule has 0 aliphatic rings. The largest absolute Gasteiger partial charge is 0.351 e. The van der Waals surface area contributed by atoms with Crippen molar-refractivity contribution in [1.29, 1.82) is 0 Å². The van der Waals surface area contributed by atoms with E-state index in [-0.39, 0.29) is 5.91 Å². The van der Waals surface area contributed by atoms with Crippen LogP contribution in [-0.4, -0.2) is 40.9 Å². The highest BCUT2D eigenvalue weighted by atomic mass is 16.1. The van der Waals surface area contributed by atoms with Gasteiger partial charge in [0, 0.05) is 19.3 Å². The molecule has 5 nitrogen and oxygen atoms in total. The molecule has 0 radical (unpaired) electrons. The summed E-state index contributed by atoms with van der Waals surface area (Å²) in [5, 5.41) is 2.87. The standard InChI is InChI=1S/C17H22N4O/c1-14-11-20-16(12-19-14)17(22)18-9-6-10-21(2)13-15-7-4-3-5-8-15/h3-5,7-8,11-12H,6,9-10,13H2,1-2H3,(H,18,22). The van der Waals surface area contributed by atoms with Crippen molar-refractivity contribution in [1.82, 2.24) is 20.2 Å². The summed E-state index contributed by atoms with van der Waals surface area (Å²) in [7, 11) is 2.08. The minimum atomic E-state index is -0.168. The summed E-state index contributed by atoms with van der Waals surface area (Å²) in [5.74, 6) is -0.168. The molecule has 0 fully saturated rings. The van der Waals surface area contributed by atoms with Crippen LogP contribution in [0.3, 0.4) is 0 Å². The Hall–Kier alpha value is -2.27. The topological polar surface area (TPSA) is 58.1 Å². The van der Waals surface area contributed by atoms with Crippen molar-refractivity contribution in [2.75, 3.05) is 20.1 Å². The fourth-order valence-electron chi connectivity index (χ4n) is 2.13. The molecular formula is C17H22N4O. The third-order valence-corrected chi connectivity index (χ3v) is 3.31. The van der Waals surface area contributed by atoms with Gasteiger partial charge in [0.2, 0.25) is 0 Å². The number of amides is 1. The molecule has 5 heteroatoms. The number of aryl methyl sites for hydroxylation is 1. The van der Waals surface area contributed by atoms with Gasteiger partial charge in [-0.3, -0.25) is 9.78 Å². The molecule has 116 valence electrons. The van der Waals surface area contributed by atoms with Crippen molar-refractivity contribution in [3.8, 4) is 0 Å². The zero-order valence-corrected chi connectivity index (χ0v) is 13.1. The molecule has 1 N–H and O–H groups in total. The fraction of sp³-hybridized carbons (Fsp3) is 0.353. The minimum absolute atomic E-state index is 0.168. The fourth-order valence-corrected chi connectivity index (χ4v) is 2.13. The summed E-state index contributed by atoms with van der Waals surface area (Å²) in [6.45, 7) is 4.32. The highest BCUT2D eigenvalue weighted by Gasteiger charge is 2.06. The summed E-state index contributed by atoms with van der Waals surface area (Å²) in [5.41, 5.74) is 2.46. The van der Waals surface area contributed by atoms with Gasteiger partial charge in [-0.25, -0.2) is 4.98 Å². The van der Waals surface area contributed by atoms with E-state index in [9.17, 15) is 4.79 Å². The molecule has 0 unspecified atom stereocenters. The Bertz CT molecular complexity index is 583. The third kappa shape index (κ3) is 5.26. The van der Waals surface area contributed by atoms with E-state index >= 15 is 0 Å². The molecular weight excluding hydrogens is 276 g/mol. The smallest absolute Gasteiger partial charge is 0.271 e. The molecule has 1 heterocycles. The number of nitrogens with zero attached hydrogens (tertiary/aromatic N) is 3. The van der Waals surface area contributed by atoms with Crippen molar-refractivity contribution in [3.05, 3.63) is 59.7 Å². The molecule has 0 bridgehead atoms. The molecule has 22 heavy (non-hydrogen) atoms. The van der Waals surface area contributed by atoms with Crippen LogP contribution in [0.5, 0.6) is 0 Å². The van der Waals surface area contributed by atoms with E-state index in [0.717, 1.165) is 25.2 Å². The number of hydrogen-bond donors (Lipinski definition) is 1. The summed E-state index contributed by atoms with van der Waals surface area (Å²) < 4.78 is 0. The van der Waals surface area contributed by atoms with E-state index < -0.39 is 0 Å². The lowest BCUT2D eigenvalue weighted by atomic mass is 10.2. The van der Waals surface area contributed by atoms with Gasteiger partial charge in [-0.05, 0) is 32.5 Å². The van der Waals surface area contributed by atoms with Gasteiger partial charge in [-0.1, -0.05) is 30.3 Å². The van der Waals surface area contributed by atoms with Crippen molar-refractivity contribution in [2.45, 2.75) is 19.9 Å². The Labute approximate surface area is 131 Å². The van der Waals surface area contributed by atoms with Crippen LogP contribution in [0.15, 0.2) is 42.7 Å². The second-order valence-electron chi connectivity index (χ2n) is 5.38. The summed E-state index contributed by atoms with van der Waals surface area (Å²) >= 11 is 0. The van der Waals surface area contributed by atoms with Crippen molar-refractivity contribution >= 4 is 5.91 Å². The molecule has 1 amide bonds. The number of carbonyl (C=O) groups excluding carboxylic acids is 1. The lowest BCUT2D eigenvalue weighted by molar-refractivity contribution is 0.0946. The van der Waals surface area contributed by atoms with Gasteiger partial charge in [0.1, 0.15) is 5.69 Å². The Morgan fingerprint density at radius 2 is 1.95 bits per heavy atom. The van der Waals surface area contributed by atoms with E-state index in [2.05, 4.69) is 39.4 Å². The molecule has 1 aromatic heterocycles. The summed E-state index contributed by atoms with van der Waals surface area (Å²) in [6, 6.07) is 10.4. The number of aromatic nitrogens is 2. The predicted octanol–water partition coefficient (Wildman–Crippen LogP) is 2.04. The lowest BCUT2D eigenvalue weighted by Crippen LogP contribution is -2.28. The van der Waals surface area contributed by atoms with E-state index in [1.807, 2.05) is 25.1 Å². The van der Waals surface area contributed by atoms with Gasteiger partial charge >= 0.3 is 0 Å². The highest BCUT2D eigenvalue weighted by Crippen LogP contribution is 2.02. The first kappa shape index (κ1) is 16.1. The Kier molecular flexibility index (Phi) is 6.03. The predicted molar refractivity (Wildman–Crippen MR) is 86.5 cm³/mol. The average Bonchev–Trinajstić information content (AvgIpc) is 2.53. The molecule has 0 saturated carbocycles. The average molecular weight is 298 g/mol. The van der Waals surface area contributed by atoms with Gasteiger partial charge in [0.15, 0.2) is 0 Å². The van der Waals surface area contributed by atoms with Crippen LogP contribution >= 0.6 is 0 Å². The SMILES string of the molecule is Cc1cnc(C(=O)NCCCN(C)Cc2ccccc2)cn1.